The number of unbranched alkanes of at least 4 members (excludes halogenated alkanes) is 1. The molecule has 5 heteroatoms. The van der Waals surface area contributed by atoms with Crippen LogP contribution >= 0.6 is 0 Å². The molecule has 0 aliphatic heterocycles. The molecule has 17 heavy (non-hydrogen) atoms. The van der Waals surface area contributed by atoms with Crippen molar-refractivity contribution in [2.45, 2.75) is 33.6 Å². The average molecular weight is 242 g/mol. The smallest absolute Gasteiger partial charge is 0.269 e. The number of carbonyl (C=O) groups is 2. The van der Waals surface area contributed by atoms with E-state index in [9.17, 15) is 9.59 Å². The highest BCUT2D eigenvalue weighted by Crippen LogP contribution is 1.88. The Bertz CT molecular complexity index is 273. The van der Waals surface area contributed by atoms with E-state index in [4.69, 9.17) is 10.6 Å². The van der Waals surface area contributed by atoms with Crippen molar-refractivity contribution in [1.29, 1.82) is 0 Å². The average Bonchev–Trinajstić information content (AvgIpc) is 2.24. The number of amides is 2. The van der Waals surface area contributed by atoms with Crippen molar-refractivity contribution in [3.8, 4) is 0 Å². The zero-order valence-corrected chi connectivity index (χ0v) is 10.8. The van der Waals surface area contributed by atoms with Gasteiger partial charge in [-0.3, -0.25) is 14.4 Å². The number of nitrogens with one attached hydrogen (secondary N) is 1. The standard InChI is InChI=1S/C8H15NO2.C4H7NO/c1-4-5-6-11-9-8(10)7(2)3;1-3(2)4(5)6/h2,4-6H2,1,3H3,(H,9,10);1H2,2H3,(H2,5,6). The lowest BCUT2D eigenvalue weighted by Gasteiger charge is -2.03. The second kappa shape index (κ2) is 10.9. The third kappa shape index (κ3) is 14.4. The minimum Gasteiger partial charge on any atom is -0.366 e. The monoisotopic (exact) mass is 242 g/mol. The summed E-state index contributed by atoms with van der Waals surface area (Å²) in [5, 5.41) is 0. The Labute approximate surface area is 103 Å². The normalized spacial score (nSPS) is 8.65. The van der Waals surface area contributed by atoms with Crippen LogP contribution in [0.1, 0.15) is 33.6 Å². The maximum Gasteiger partial charge on any atom is 0.269 e. The van der Waals surface area contributed by atoms with Crippen LogP contribution in [-0.4, -0.2) is 18.4 Å². The second-order valence-corrected chi connectivity index (χ2v) is 3.56. The van der Waals surface area contributed by atoms with Gasteiger partial charge in [0.15, 0.2) is 0 Å². The van der Waals surface area contributed by atoms with Gasteiger partial charge < -0.3 is 5.73 Å². The third-order valence-corrected chi connectivity index (χ3v) is 1.57. The molecule has 98 valence electrons. The predicted octanol–water partition coefficient (Wildman–Crippen LogP) is 1.46. The van der Waals surface area contributed by atoms with Crippen molar-refractivity contribution in [1.82, 2.24) is 5.48 Å². The van der Waals surface area contributed by atoms with Crippen molar-refractivity contribution in [2.24, 2.45) is 5.73 Å². The minimum atomic E-state index is -0.435. The van der Waals surface area contributed by atoms with E-state index in [1.807, 2.05) is 0 Å². The molecule has 3 N–H and O–H groups in total. The number of carbonyl (C=O) groups excluding carboxylic acids is 2. The summed E-state index contributed by atoms with van der Waals surface area (Å²) in [7, 11) is 0. The lowest BCUT2D eigenvalue weighted by molar-refractivity contribution is -0.129. The maximum atomic E-state index is 10.8. The quantitative estimate of drug-likeness (QED) is 0.420. The summed E-state index contributed by atoms with van der Waals surface area (Å²) in [6.45, 7) is 12.6. The maximum absolute atomic E-state index is 10.8. The lowest BCUT2D eigenvalue weighted by atomic mass is 10.3. The molecule has 5 nitrogen and oxygen atoms in total. The van der Waals surface area contributed by atoms with E-state index in [1.54, 1.807) is 13.8 Å². The van der Waals surface area contributed by atoms with Crippen molar-refractivity contribution in [3.63, 3.8) is 0 Å². The van der Waals surface area contributed by atoms with Crippen LogP contribution in [0.4, 0.5) is 0 Å². The minimum absolute atomic E-state index is 0.249. The number of nitrogens with two attached hydrogens (primary N) is 1. The van der Waals surface area contributed by atoms with Gasteiger partial charge in [0.2, 0.25) is 5.91 Å². The van der Waals surface area contributed by atoms with Gasteiger partial charge >= 0.3 is 0 Å². The number of rotatable bonds is 6. The van der Waals surface area contributed by atoms with Gasteiger partial charge in [-0.15, -0.1) is 0 Å². The van der Waals surface area contributed by atoms with E-state index in [0.29, 0.717) is 17.8 Å². The summed E-state index contributed by atoms with van der Waals surface area (Å²) in [4.78, 5) is 25.4. The van der Waals surface area contributed by atoms with Crippen LogP contribution in [-0.2, 0) is 14.4 Å². The molecule has 0 bridgehead atoms. The topological polar surface area (TPSA) is 81.4 Å². The second-order valence-electron chi connectivity index (χ2n) is 3.56. The van der Waals surface area contributed by atoms with Gasteiger partial charge in [0, 0.05) is 11.1 Å². The Balaban J connectivity index is 0. The van der Waals surface area contributed by atoms with Gasteiger partial charge in [-0.25, -0.2) is 5.48 Å². The Morgan fingerprint density at radius 3 is 2.00 bits per heavy atom. The highest BCUT2D eigenvalue weighted by molar-refractivity contribution is 5.91. The first-order chi connectivity index (χ1) is 7.82. The summed E-state index contributed by atoms with van der Waals surface area (Å²) < 4.78 is 0. The number of primary amides is 1. The predicted molar refractivity (Wildman–Crippen MR) is 67.8 cm³/mol. The fraction of sp³-hybridized carbons (Fsp3) is 0.500. The van der Waals surface area contributed by atoms with E-state index in [2.05, 4.69) is 25.6 Å². The van der Waals surface area contributed by atoms with E-state index in [0.717, 1.165) is 12.8 Å². The first kappa shape index (κ1) is 17.8. The molecule has 0 aromatic heterocycles. The molecule has 0 rings (SSSR count). The molecule has 0 aliphatic rings. The Morgan fingerprint density at radius 2 is 1.71 bits per heavy atom. The summed E-state index contributed by atoms with van der Waals surface area (Å²) in [6, 6.07) is 0. The molecule has 0 heterocycles. The number of hydrogen-bond donors (Lipinski definition) is 2. The van der Waals surface area contributed by atoms with Crippen LogP contribution in [0.3, 0.4) is 0 Å². The Morgan fingerprint density at radius 1 is 1.24 bits per heavy atom. The van der Waals surface area contributed by atoms with Gasteiger partial charge in [0.1, 0.15) is 0 Å². The zero-order valence-electron chi connectivity index (χ0n) is 10.8. The molecular weight excluding hydrogens is 220 g/mol. The highest BCUT2D eigenvalue weighted by Gasteiger charge is 1.98. The molecule has 0 saturated heterocycles. The largest absolute Gasteiger partial charge is 0.366 e. The molecule has 0 unspecified atom stereocenters. The van der Waals surface area contributed by atoms with Crippen LogP contribution in [0.25, 0.3) is 0 Å². The summed E-state index contributed by atoms with van der Waals surface area (Å²) in [6.07, 6.45) is 2.01. The van der Waals surface area contributed by atoms with Gasteiger partial charge in [0.25, 0.3) is 5.91 Å². The van der Waals surface area contributed by atoms with Crippen molar-refractivity contribution in [2.75, 3.05) is 6.61 Å². The van der Waals surface area contributed by atoms with E-state index in [-0.39, 0.29) is 5.91 Å². The molecule has 0 aromatic carbocycles. The van der Waals surface area contributed by atoms with Crippen LogP contribution in [0, 0.1) is 0 Å². The molecular formula is C12H22N2O3. The van der Waals surface area contributed by atoms with Gasteiger partial charge in [0.05, 0.1) is 6.61 Å². The van der Waals surface area contributed by atoms with Crippen molar-refractivity contribution < 1.29 is 14.4 Å². The molecule has 0 aromatic rings. The molecule has 0 radical (unpaired) electrons. The lowest BCUT2D eigenvalue weighted by Crippen LogP contribution is -2.24. The van der Waals surface area contributed by atoms with Crippen LogP contribution in [0.15, 0.2) is 24.3 Å². The molecule has 2 amide bonds. The molecule has 0 fully saturated rings. The van der Waals surface area contributed by atoms with E-state index >= 15 is 0 Å². The molecule has 0 saturated carbocycles. The fourth-order valence-corrected chi connectivity index (χ4v) is 0.420. The van der Waals surface area contributed by atoms with Crippen molar-refractivity contribution in [3.05, 3.63) is 24.3 Å². The summed E-state index contributed by atoms with van der Waals surface area (Å²) >= 11 is 0. The summed E-state index contributed by atoms with van der Waals surface area (Å²) in [5.74, 6) is -0.684. The highest BCUT2D eigenvalue weighted by atomic mass is 16.6. The molecule has 0 aliphatic carbocycles. The van der Waals surface area contributed by atoms with Gasteiger partial charge in [-0.05, 0) is 20.3 Å². The van der Waals surface area contributed by atoms with E-state index < -0.39 is 5.91 Å². The number of hydrogen-bond acceptors (Lipinski definition) is 3. The van der Waals surface area contributed by atoms with Gasteiger partial charge in [-0.1, -0.05) is 26.5 Å². The Kier molecular flexibility index (Phi) is 11.4. The Hall–Kier alpha value is -1.62. The van der Waals surface area contributed by atoms with Crippen molar-refractivity contribution >= 4 is 11.8 Å². The van der Waals surface area contributed by atoms with Crippen LogP contribution < -0.4 is 11.2 Å². The van der Waals surface area contributed by atoms with Gasteiger partial charge in [-0.2, -0.15) is 0 Å². The number of hydroxylamine groups is 1. The third-order valence-electron chi connectivity index (χ3n) is 1.57. The molecule has 0 atom stereocenters. The van der Waals surface area contributed by atoms with Crippen LogP contribution in [0.2, 0.25) is 0 Å². The van der Waals surface area contributed by atoms with E-state index in [1.165, 1.54) is 0 Å². The first-order valence-electron chi connectivity index (χ1n) is 5.35. The van der Waals surface area contributed by atoms with Crippen LogP contribution in [0.5, 0.6) is 0 Å². The summed E-state index contributed by atoms with van der Waals surface area (Å²) in [5.41, 5.74) is 7.83. The zero-order chi connectivity index (χ0) is 13.8. The first-order valence-corrected chi connectivity index (χ1v) is 5.35. The molecule has 0 spiro atoms. The SMILES string of the molecule is C=C(C)C(=O)NOCCCC.C=C(C)C(N)=O. The fourth-order valence-electron chi connectivity index (χ4n) is 0.420.